The molecule has 0 radical (unpaired) electrons. The molecule has 0 bridgehead atoms. The van der Waals surface area contributed by atoms with Crippen molar-refractivity contribution < 1.29 is 9.59 Å². The number of carbonyl (C=O) groups is 2. The molecule has 5 heteroatoms. The van der Waals surface area contributed by atoms with Crippen LogP contribution < -0.4 is 0 Å². The zero-order valence-corrected chi connectivity index (χ0v) is 19.5. The van der Waals surface area contributed by atoms with Gasteiger partial charge in [0.1, 0.15) is 0 Å². The van der Waals surface area contributed by atoms with Gasteiger partial charge in [0.15, 0.2) is 5.78 Å². The maximum absolute atomic E-state index is 13.6. The third-order valence-corrected chi connectivity index (χ3v) is 6.72. The van der Waals surface area contributed by atoms with Crippen molar-refractivity contribution in [3.63, 3.8) is 0 Å². The summed E-state index contributed by atoms with van der Waals surface area (Å²) in [7, 11) is 0. The number of likely N-dealkylation sites (tertiary alicyclic amines) is 1. The first-order valence-corrected chi connectivity index (χ1v) is 11.7. The molecule has 1 fully saturated rings. The topological polar surface area (TPSA) is 63.2 Å². The van der Waals surface area contributed by atoms with Crippen LogP contribution in [0.15, 0.2) is 73.1 Å². The molecule has 0 atom stereocenters. The summed E-state index contributed by atoms with van der Waals surface area (Å²) in [6.07, 6.45) is 4.81. The fourth-order valence-corrected chi connectivity index (χ4v) is 4.85. The Bertz CT molecular complexity index is 1370. The van der Waals surface area contributed by atoms with Crippen LogP contribution in [0.3, 0.4) is 0 Å². The predicted octanol–water partition coefficient (Wildman–Crippen LogP) is 5.65. The van der Waals surface area contributed by atoms with E-state index < -0.39 is 0 Å². The highest BCUT2D eigenvalue weighted by atomic mass is 16.2. The van der Waals surface area contributed by atoms with Crippen LogP contribution >= 0.6 is 0 Å². The van der Waals surface area contributed by atoms with Gasteiger partial charge >= 0.3 is 0 Å². The largest absolute Gasteiger partial charge is 0.339 e. The van der Waals surface area contributed by atoms with Crippen LogP contribution in [0, 0.1) is 19.8 Å². The maximum Gasteiger partial charge on any atom is 0.254 e. The highest BCUT2D eigenvalue weighted by Gasteiger charge is 2.30. The number of ketones is 1. The first-order valence-electron chi connectivity index (χ1n) is 11.7. The molecular formula is C29H27N3O2. The molecule has 2 aromatic heterocycles. The normalized spacial score (nSPS) is 14.4. The zero-order valence-electron chi connectivity index (χ0n) is 19.5. The standard InChI is InChI=1S/C29H27N3O2/c1-19-7-8-23(20(2)17-19)28(33)22-11-15-32(16-12-22)29(34)25-18-27(21-9-13-30-14-10-21)31-26-6-4-3-5-24(25)26/h3-10,13-14,17-18,22H,11-12,15-16H2,1-2H3. The van der Waals surface area contributed by atoms with E-state index in [1.165, 1.54) is 0 Å². The smallest absolute Gasteiger partial charge is 0.254 e. The number of carbonyl (C=O) groups excluding carboxylic acids is 2. The third kappa shape index (κ3) is 4.21. The Morgan fingerprint density at radius 3 is 2.35 bits per heavy atom. The van der Waals surface area contributed by atoms with Crippen LogP contribution in [-0.2, 0) is 0 Å². The fourth-order valence-electron chi connectivity index (χ4n) is 4.85. The van der Waals surface area contributed by atoms with Gasteiger partial charge in [0.05, 0.1) is 16.8 Å². The molecular weight excluding hydrogens is 422 g/mol. The van der Waals surface area contributed by atoms with Crippen molar-refractivity contribution in [3.05, 3.63) is 95.3 Å². The number of aryl methyl sites for hydroxylation is 2. The second-order valence-electron chi connectivity index (χ2n) is 9.06. The molecule has 2 aromatic carbocycles. The lowest BCUT2D eigenvalue weighted by Crippen LogP contribution is -2.40. The highest BCUT2D eigenvalue weighted by molar-refractivity contribution is 6.07. The molecule has 1 aliphatic heterocycles. The summed E-state index contributed by atoms with van der Waals surface area (Å²) in [5.41, 5.74) is 6.10. The SMILES string of the molecule is Cc1ccc(C(=O)C2CCN(C(=O)c3cc(-c4ccncc4)nc4ccccc34)CC2)c(C)c1. The minimum atomic E-state index is -0.0491. The van der Waals surface area contributed by atoms with Gasteiger partial charge in [-0.05, 0) is 56.5 Å². The molecule has 0 saturated carbocycles. The van der Waals surface area contributed by atoms with E-state index in [0.717, 1.165) is 38.9 Å². The zero-order chi connectivity index (χ0) is 23.7. The van der Waals surface area contributed by atoms with Crippen molar-refractivity contribution in [2.75, 3.05) is 13.1 Å². The summed E-state index contributed by atoms with van der Waals surface area (Å²) in [5, 5.41) is 0.846. The molecule has 5 nitrogen and oxygen atoms in total. The Kier molecular flexibility index (Phi) is 5.93. The Morgan fingerprint density at radius 1 is 0.882 bits per heavy atom. The van der Waals surface area contributed by atoms with Crippen LogP contribution in [0.1, 0.15) is 44.7 Å². The lowest BCUT2D eigenvalue weighted by atomic mass is 9.86. The van der Waals surface area contributed by atoms with E-state index in [0.29, 0.717) is 31.5 Å². The van der Waals surface area contributed by atoms with Gasteiger partial charge in [-0.25, -0.2) is 4.98 Å². The number of pyridine rings is 2. The van der Waals surface area contributed by atoms with Crippen LogP contribution in [0.5, 0.6) is 0 Å². The Balaban J connectivity index is 1.38. The van der Waals surface area contributed by atoms with E-state index in [4.69, 9.17) is 4.98 Å². The molecule has 0 unspecified atom stereocenters. The predicted molar refractivity (Wildman–Crippen MR) is 134 cm³/mol. The average Bonchev–Trinajstić information content (AvgIpc) is 2.88. The number of Topliss-reactive ketones (excluding diaryl/α,β-unsaturated/α-hetero) is 1. The number of nitrogens with zero attached hydrogens (tertiary/aromatic N) is 3. The Morgan fingerprint density at radius 2 is 1.62 bits per heavy atom. The highest BCUT2D eigenvalue weighted by Crippen LogP contribution is 2.28. The number of benzene rings is 2. The van der Waals surface area contributed by atoms with Gasteiger partial charge in [0, 0.05) is 47.9 Å². The molecule has 1 amide bonds. The van der Waals surface area contributed by atoms with Crippen LogP contribution in [0.25, 0.3) is 22.2 Å². The second kappa shape index (κ2) is 9.18. The van der Waals surface area contributed by atoms with Crippen LogP contribution in [0.4, 0.5) is 0 Å². The monoisotopic (exact) mass is 449 g/mol. The quantitative estimate of drug-likeness (QED) is 0.378. The van der Waals surface area contributed by atoms with Crippen molar-refractivity contribution in [3.8, 4) is 11.3 Å². The Labute approximate surface area is 199 Å². The minimum Gasteiger partial charge on any atom is -0.339 e. The number of piperidine rings is 1. The number of amides is 1. The first kappa shape index (κ1) is 22.0. The average molecular weight is 450 g/mol. The molecule has 0 aliphatic carbocycles. The van der Waals surface area contributed by atoms with Crippen molar-refractivity contribution >= 4 is 22.6 Å². The number of para-hydroxylation sites is 1. The summed E-state index contributed by atoms with van der Waals surface area (Å²) in [6, 6.07) is 19.4. The second-order valence-corrected chi connectivity index (χ2v) is 9.06. The molecule has 170 valence electrons. The van der Waals surface area contributed by atoms with E-state index >= 15 is 0 Å². The number of aromatic nitrogens is 2. The lowest BCUT2D eigenvalue weighted by molar-refractivity contribution is 0.0651. The van der Waals surface area contributed by atoms with E-state index in [9.17, 15) is 9.59 Å². The number of fused-ring (bicyclic) bond motifs is 1. The van der Waals surface area contributed by atoms with Crippen molar-refractivity contribution in [2.24, 2.45) is 5.92 Å². The van der Waals surface area contributed by atoms with Gasteiger partial charge < -0.3 is 4.90 Å². The third-order valence-electron chi connectivity index (χ3n) is 6.72. The molecule has 4 aromatic rings. The van der Waals surface area contributed by atoms with Gasteiger partial charge in [0.2, 0.25) is 0 Å². The maximum atomic E-state index is 13.6. The molecule has 34 heavy (non-hydrogen) atoms. The summed E-state index contributed by atoms with van der Waals surface area (Å²) in [6.45, 7) is 5.17. The van der Waals surface area contributed by atoms with E-state index in [-0.39, 0.29) is 17.6 Å². The molecule has 0 N–H and O–H groups in total. The molecule has 1 aliphatic rings. The summed E-state index contributed by atoms with van der Waals surface area (Å²) >= 11 is 0. The minimum absolute atomic E-state index is 0.00804. The molecule has 0 spiro atoms. The van der Waals surface area contributed by atoms with E-state index in [1.807, 2.05) is 73.3 Å². The number of hydrogen-bond donors (Lipinski definition) is 0. The Hall–Kier alpha value is -3.86. The van der Waals surface area contributed by atoms with Gasteiger partial charge in [-0.15, -0.1) is 0 Å². The van der Waals surface area contributed by atoms with Gasteiger partial charge in [-0.1, -0.05) is 42.0 Å². The number of rotatable bonds is 4. The molecule has 5 rings (SSSR count). The number of hydrogen-bond acceptors (Lipinski definition) is 4. The van der Waals surface area contributed by atoms with Gasteiger partial charge in [-0.2, -0.15) is 0 Å². The van der Waals surface area contributed by atoms with Crippen molar-refractivity contribution in [1.82, 2.24) is 14.9 Å². The summed E-state index contributed by atoms with van der Waals surface area (Å²) < 4.78 is 0. The van der Waals surface area contributed by atoms with Crippen LogP contribution in [-0.4, -0.2) is 39.6 Å². The fraction of sp³-hybridized carbons (Fsp3) is 0.241. The van der Waals surface area contributed by atoms with E-state index in [1.54, 1.807) is 12.4 Å². The van der Waals surface area contributed by atoms with Gasteiger partial charge in [0.25, 0.3) is 5.91 Å². The van der Waals surface area contributed by atoms with E-state index in [2.05, 4.69) is 11.1 Å². The molecule has 3 heterocycles. The van der Waals surface area contributed by atoms with Crippen LogP contribution in [0.2, 0.25) is 0 Å². The summed E-state index contributed by atoms with van der Waals surface area (Å²) in [5.74, 6) is 0.136. The summed E-state index contributed by atoms with van der Waals surface area (Å²) in [4.78, 5) is 37.5. The van der Waals surface area contributed by atoms with Crippen molar-refractivity contribution in [1.29, 1.82) is 0 Å². The van der Waals surface area contributed by atoms with Crippen molar-refractivity contribution in [2.45, 2.75) is 26.7 Å². The molecule has 1 saturated heterocycles. The lowest BCUT2D eigenvalue weighted by Gasteiger charge is -2.32. The van der Waals surface area contributed by atoms with Gasteiger partial charge in [-0.3, -0.25) is 14.6 Å². The first-order chi connectivity index (χ1) is 16.5.